The van der Waals surface area contributed by atoms with E-state index in [1.54, 1.807) is 0 Å². The molecule has 6 nitrogen and oxygen atoms in total. The lowest BCUT2D eigenvalue weighted by Gasteiger charge is -2.09. The highest BCUT2D eigenvalue weighted by atomic mass is 16.2. The normalized spacial score (nSPS) is 21.9. The summed E-state index contributed by atoms with van der Waals surface area (Å²) in [5.74, 6) is 3.06. The summed E-state index contributed by atoms with van der Waals surface area (Å²) in [7, 11) is 0. The van der Waals surface area contributed by atoms with Gasteiger partial charge in [0.05, 0.1) is 6.54 Å². The van der Waals surface area contributed by atoms with Gasteiger partial charge in [-0.3, -0.25) is 0 Å². The number of carbonyl (C=O) groups is 1. The Labute approximate surface area is 148 Å². The SMILES string of the molecule is O=C(NCc1nnc2n1CCCCC2)NC[C@@H]1C[C@H]1c1ccccc1. The van der Waals surface area contributed by atoms with Crippen LogP contribution in [0.4, 0.5) is 4.79 Å². The Morgan fingerprint density at radius 1 is 1.12 bits per heavy atom. The number of carbonyl (C=O) groups excluding carboxylic acids is 1. The summed E-state index contributed by atoms with van der Waals surface area (Å²) in [6.07, 6.45) is 5.72. The number of benzene rings is 1. The van der Waals surface area contributed by atoms with Gasteiger partial charge >= 0.3 is 6.03 Å². The van der Waals surface area contributed by atoms with Gasteiger partial charge in [0.25, 0.3) is 0 Å². The lowest BCUT2D eigenvalue weighted by molar-refractivity contribution is 0.239. The first-order valence-electron chi connectivity index (χ1n) is 9.29. The summed E-state index contributed by atoms with van der Waals surface area (Å²) in [5, 5.41) is 14.4. The van der Waals surface area contributed by atoms with Gasteiger partial charge in [0.15, 0.2) is 5.82 Å². The van der Waals surface area contributed by atoms with Gasteiger partial charge in [-0.1, -0.05) is 36.8 Å². The molecule has 0 spiro atoms. The molecule has 6 heteroatoms. The second-order valence-corrected chi connectivity index (χ2v) is 7.07. The van der Waals surface area contributed by atoms with E-state index in [1.165, 1.54) is 18.4 Å². The highest BCUT2D eigenvalue weighted by molar-refractivity contribution is 5.73. The standard InChI is InChI=1S/C19H25N5O/c25-19(20-12-15-11-16(15)14-7-3-1-4-8-14)21-13-18-23-22-17-9-5-2-6-10-24(17)18/h1,3-4,7-8,15-16H,2,5-6,9-13H2,(H2,20,21,25)/t15-,16-/m0/s1. The lowest BCUT2D eigenvalue weighted by atomic mass is 10.1. The van der Waals surface area contributed by atoms with Crippen molar-refractivity contribution in [2.75, 3.05) is 6.54 Å². The first kappa shape index (κ1) is 16.1. The number of urea groups is 1. The Hall–Kier alpha value is -2.37. The molecule has 2 atom stereocenters. The van der Waals surface area contributed by atoms with E-state index >= 15 is 0 Å². The predicted molar refractivity (Wildman–Crippen MR) is 95.1 cm³/mol. The second kappa shape index (κ2) is 7.25. The van der Waals surface area contributed by atoms with E-state index < -0.39 is 0 Å². The van der Waals surface area contributed by atoms with Crippen LogP contribution < -0.4 is 10.6 Å². The number of aryl methyl sites for hydroxylation is 1. The van der Waals surface area contributed by atoms with E-state index in [0.717, 1.165) is 44.0 Å². The third-order valence-electron chi connectivity index (χ3n) is 5.27. The van der Waals surface area contributed by atoms with Gasteiger partial charge in [-0.2, -0.15) is 0 Å². The zero-order valence-corrected chi connectivity index (χ0v) is 14.4. The van der Waals surface area contributed by atoms with Gasteiger partial charge < -0.3 is 15.2 Å². The molecule has 1 aliphatic heterocycles. The van der Waals surface area contributed by atoms with E-state index in [9.17, 15) is 4.79 Å². The predicted octanol–water partition coefficient (Wildman–Crippen LogP) is 2.61. The molecule has 2 N–H and O–H groups in total. The van der Waals surface area contributed by atoms with Crippen LogP contribution >= 0.6 is 0 Å². The van der Waals surface area contributed by atoms with Crippen LogP contribution in [0.2, 0.25) is 0 Å². The average Bonchev–Trinajstić information content (AvgIpc) is 3.38. The van der Waals surface area contributed by atoms with Gasteiger partial charge in [-0.05, 0) is 36.7 Å². The van der Waals surface area contributed by atoms with Crippen molar-refractivity contribution in [2.24, 2.45) is 5.92 Å². The molecule has 2 heterocycles. The first-order valence-corrected chi connectivity index (χ1v) is 9.29. The van der Waals surface area contributed by atoms with E-state index in [2.05, 4.69) is 49.7 Å². The molecule has 0 bridgehead atoms. The second-order valence-electron chi connectivity index (χ2n) is 7.07. The van der Waals surface area contributed by atoms with Crippen molar-refractivity contribution in [3.8, 4) is 0 Å². The molecular weight excluding hydrogens is 314 g/mol. The van der Waals surface area contributed by atoms with Crippen LogP contribution in [0.5, 0.6) is 0 Å². The van der Waals surface area contributed by atoms with Crippen molar-refractivity contribution in [1.29, 1.82) is 0 Å². The van der Waals surface area contributed by atoms with Crippen LogP contribution in [0, 0.1) is 5.92 Å². The summed E-state index contributed by atoms with van der Waals surface area (Å²) >= 11 is 0. The number of fused-ring (bicyclic) bond motifs is 1. The van der Waals surface area contributed by atoms with Crippen molar-refractivity contribution in [3.05, 3.63) is 47.5 Å². The highest BCUT2D eigenvalue weighted by Crippen LogP contribution is 2.46. The summed E-state index contributed by atoms with van der Waals surface area (Å²) in [6, 6.07) is 10.4. The van der Waals surface area contributed by atoms with Crippen molar-refractivity contribution in [3.63, 3.8) is 0 Å². The monoisotopic (exact) mass is 339 g/mol. The number of aromatic nitrogens is 3. The molecule has 1 saturated carbocycles. The summed E-state index contributed by atoms with van der Waals surface area (Å²) < 4.78 is 2.17. The fourth-order valence-electron chi connectivity index (χ4n) is 3.70. The number of rotatable bonds is 5. The van der Waals surface area contributed by atoms with Crippen LogP contribution in [-0.4, -0.2) is 27.3 Å². The van der Waals surface area contributed by atoms with Crippen LogP contribution in [0.1, 0.15) is 48.8 Å². The maximum atomic E-state index is 12.1. The lowest BCUT2D eigenvalue weighted by Crippen LogP contribution is -2.37. The maximum Gasteiger partial charge on any atom is 0.315 e. The van der Waals surface area contributed by atoms with E-state index in [0.29, 0.717) is 18.4 Å². The molecule has 0 saturated heterocycles. The van der Waals surface area contributed by atoms with E-state index in [4.69, 9.17) is 0 Å². The molecule has 132 valence electrons. The number of hydrogen-bond donors (Lipinski definition) is 2. The smallest absolute Gasteiger partial charge is 0.315 e. The molecule has 1 aromatic heterocycles. The molecule has 2 aliphatic rings. The molecule has 2 aromatic rings. The van der Waals surface area contributed by atoms with Crippen LogP contribution in [0.15, 0.2) is 30.3 Å². The summed E-state index contributed by atoms with van der Waals surface area (Å²) in [5.41, 5.74) is 1.38. The molecule has 0 radical (unpaired) electrons. The van der Waals surface area contributed by atoms with Crippen LogP contribution in [0.25, 0.3) is 0 Å². The number of nitrogens with zero attached hydrogens (tertiary/aromatic N) is 3. The van der Waals surface area contributed by atoms with Crippen molar-refractivity contribution in [2.45, 2.75) is 51.1 Å². The molecular formula is C19H25N5O. The van der Waals surface area contributed by atoms with E-state index in [1.807, 2.05) is 6.07 Å². The van der Waals surface area contributed by atoms with Crippen molar-refractivity contribution in [1.82, 2.24) is 25.4 Å². The fourth-order valence-corrected chi connectivity index (χ4v) is 3.70. The van der Waals surface area contributed by atoms with Gasteiger partial charge in [0, 0.05) is 19.5 Å². The third kappa shape index (κ3) is 3.83. The van der Waals surface area contributed by atoms with Gasteiger partial charge in [-0.25, -0.2) is 4.79 Å². The quantitative estimate of drug-likeness (QED) is 0.879. The summed E-state index contributed by atoms with van der Waals surface area (Å²) in [6.45, 7) is 2.12. The van der Waals surface area contributed by atoms with Gasteiger partial charge in [0.2, 0.25) is 0 Å². The van der Waals surface area contributed by atoms with Gasteiger partial charge in [0.1, 0.15) is 5.82 Å². The Morgan fingerprint density at radius 3 is 2.88 bits per heavy atom. The van der Waals surface area contributed by atoms with Crippen LogP contribution in [-0.2, 0) is 19.5 Å². The largest absolute Gasteiger partial charge is 0.338 e. The Morgan fingerprint density at radius 2 is 2.00 bits per heavy atom. The first-order chi connectivity index (χ1) is 12.3. The third-order valence-corrected chi connectivity index (χ3v) is 5.27. The zero-order valence-electron chi connectivity index (χ0n) is 14.4. The maximum absolute atomic E-state index is 12.1. The average molecular weight is 339 g/mol. The number of amides is 2. The van der Waals surface area contributed by atoms with Gasteiger partial charge in [-0.15, -0.1) is 10.2 Å². The minimum absolute atomic E-state index is 0.121. The minimum Gasteiger partial charge on any atom is -0.338 e. The molecule has 0 unspecified atom stereocenters. The fraction of sp³-hybridized carbons (Fsp3) is 0.526. The number of hydrogen-bond acceptors (Lipinski definition) is 3. The minimum atomic E-state index is -0.121. The molecule has 4 rings (SSSR count). The van der Waals surface area contributed by atoms with Crippen molar-refractivity contribution >= 4 is 6.03 Å². The molecule has 25 heavy (non-hydrogen) atoms. The summed E-state index contributed by atoms with van der Waals surface area (Å²) in [4.78, 5) is 12.1. The molecule has 1 aromatic carbocycles. The van der Waals surface area contributed by atoms with Crippen LogP contribution in [0.3, 0.4) is 0 Å². The number of nitrogens with one attached hydrogen (secondary N) is 2. The molecule has 1 aliphatic carbocycles. The van der Waals surface area contributed by atoms with Crippen molar-refractivity contribution < 1.29 is 4.79 Å². The Balaban J connectivity index is 1.22. The Kier molecular flexibility index (Phi) is 4.68. The van der Waals surface area contributed by atoms with E-state index in [-0.39, 0.29) is 6.03 Å². The zero-order chi connectivity index (χ0) is 17.1. The molecule has 1 fully saturated rings. The highest BCUT2D eigenvalue weighted by Gasteiger charge is 2.37. The molecule has 2 amide bonds. The Bertz CT molecular complexity index is 727. The topological polar surface area (TPSA) is 71.8 Å².